The minimum absolute atomic E-state index is 0.907. The summed E-state index contributed by atoms with van der Waals surface area (Å²) in [4.78, 5) is 0. The standard InChI is InChI=1S/C60H36N2OS/c1-3-11-37(12-4-1)38-19-25-55-47(31-38)50-33-40(22-28-56(50)62(55)44-24-30-60-52(36-44)46-16-8-10-18-59(46)64-60)39-20-26-53-48(32-39)49-34-41(21-27-54(49)61(53)43-13-5-2-6-14-43)42-23-29-58-51(35-42)45-15-7-9-17-57(45)63-58/h1-36H. The highest BCUT2D eigenvalue weighted by molar-refractivity contribution is 7.25. The van der Waals surface area contributed by atoms with Gasteiger partial charge in [-0.3, -0.25) is 0 Å². The van der Waals surface area contributed by atoms with Crippen molar-refractivity contribution in [3.63, 3.8) is 0 Å². The van der Waals surface area contributed by atoms with Gasteiger partial charge in [0.2, 0.25) is 0 Å². The molecule has 0 aliphatic heterocycles. The second-order valence-corrected chi connectivity index (χ2v) is 18.0. The molecule has 298 valence electrons. The van der Waals surface area contributed by atoms with Gasteiger partial charge in [0.25, 0.3) is 0 Å². The number of benzene rings is 10. The largest absolute Gasteiger partial charge is 0.456 e. The zero-order valence-corrected chi connectivity index (χ0v) is 35.3. The molecule has 0 spiro atoms. The maximum absolute atomic E-state index is 6.20. The second kappa shape index (κ2) is 13.7. The van der Waals surface area contributed by atoms with E-state index in [9.17, 15) is 0 Å². The Morgan fingerprint density at radius 1 is 0.266 bits per heavy atom. The molecule has 64 heavy (non-hydrogen) atoms. The molecule has 0 saturated carbocycles. The predicted molar refractivity (Wildman–Crippen MR) is 272 cm³/mol. The number of furan rings is 1. The third-order valence-corrected chi connectivity index (χ3v) is 14.5. The van der Waals surface area contributed by atoms with E-state index in [0.29, 0.717) is 0 Å². The van der Waals surface area contributed by atoms with E-state index >= 15 is 0 Å². The minimum Gasteiger partial charge on any atom is -0.456 e. The Kier molecular flexibility index (Phi) is 7.56. The summed E-state index contributed by atoms with van der Waals surface area (Å²) < 4.78 is 13.7. The van der Waals surface area contributed by atoms with Gasteiger partial charge in [-0.1, -0.05) is 115 Å². The van der Waals surface area contributed by atoms with E-state index in [1.54, 1.807) is 0 Å². The smallest absolute Gasteiger partial charge is 0.135 e. The van der Waals surface area contributed by atoms with Gasteiger partial charge < -0.3 is 13.6 Å². The average Bonchev–Trinajstić information content (AvgIpc) is 4.11. The van der Waals surface area contributed by atoms with Crippen LogP contribution in [0.4, 0.5) is 0 Å². The van der Waals surface area contributed by atoms with Crippen molar-refractivity contribution in [2.24, 2.45) is 0 Å². The van der Waals surface area contributed by atoms with Gasteiger partial charge in [0, 0.05) is 63.9 Å². The maximum atomic E-state index is 6.20. The van der Waals surface area contributed by atoms with Gasteiger partial charge in [-0.2, -0.15) is 0 Å². The Balaban J connectivity index is 0.972. The number of thiophene rings is 1. The van der Waals surface area contributed by atoms with Gasteiger partial charge >= 0.3 is 0 Å². The monoisotopic (exact) mass is 832 g/mol. The molecule has 3 nitrogen and oxygen atoms in total. The Morgan fingerprint density at radius 3 is 1.34 bits per heavy atom. The lowest BCUT2D eigenvalue weighted by Gasteiger charge is -2.10. The second-order valence-electron chi connectivity index (χ2n) is 16.9. The molecule has 0 aliphatic rings. The highest BCUT2D eigenvalue weighted by Crippen LogP contribution is 2.42. The van der Waals surface area contributed by atoms with Gasteiger partial charge in [-0.15, -0.1) is 11.3 Å². The summed E-state index contributed by atoms with van der Waals surface area (Å²) in [5.41, 5.74) is 16.0. The Bertz CT molecular complexity index is 4190. The van der Waals surface area contributed by atoms with Gasteiger partial charge in [-0.25, -0.2) is 0 Å². The molecule has 0 bridgehead atoms. The fraction of sp³-hybridized carbons (Fsp3) is 0. The molecule has 0 atom stereocenters. The summed E-state index contributed by atoms with van der Waals surface area (Å²) in [6, 6.07) is 80.0. The predicted octanol–water partition coefficient (Wildman–Crippen LogP) is 17.1. The third kappa shape index (κ3) is 5.33. The van der Waals surface area contributed by atoms with Crippen molar-refractivity contribution < 1.29 is 4.42 Å². The Morgan fingerprint density at radius 2 is 0.719 bits per heavy atom. The molecular weight excluding hydrogens is 797 g/mol. The number of hydrogen-bond acceptors (Lipinski definition) is 2. The first-order valence-corrected chi connectivity index (χ1v) is 22.6. The first kappa shape index (κ1) is 35.4. The summed E-state index contributed by atoms with van der Waals surface area (Å²) in [6.45, 7) is 0. The fourth-order valence-electron chi connectivity index (χ4n) is 10.3. The van der Waals surface area contributed by atoms with E-state index in [-0.39, 0.29) is 0 Å². The fourth-order valence-corrected chi connectivity index (χ4v) is 11.4. The lowest BCUT2D eigenvalue weighted by atomic mass is 9.98. The first-order valence-electron chi connectivity index (χ1n) is 21.8. The van der Waals surface area contributed by atoms with Crippen LogP contribution in [0, 0.1) is 0 Å². The van der Waals surface area contributed by atoms with Crippen molar-refractivity contribution in [2.75, 3.05) is 0 Å². The number of fused-ring (bicyclic) bond motifs is 12. The summed E-state index contributed by atoms with van der Waals surface area (Å²) >= 11 is 1.86. The molecule has 0 unspecified atom stereocenters. The molecule has 14 aromatic rings. The van der Waals surface area contributed by atoms with Crippen LogP contribution in [0.1, 0.15) is 0 Å². The summed E-state index contributed by atoms with van der Waals surface area (Å²) in [5, 5.41) is 9.79. The zero-order chi connectivity index (χ0) is 41.9. The van der Waals surface area contributed by atoms with E-state index in [1.807, 2.05) is 23.5 Å². The lowest BCUT2D eigenvalue weighted by Crippen LogP contribution is -1.93. The Labute approximate surface area is 371 Å². The highest BCUT2D eigenvalue weighted by atomic mass is 32.1. The summed E-state index contributed by atoms with van der Waals surface area (Å²) in [6.07, 6.45) is 0. The third-order valence-electron chi connectivity index (χ3n) is 13.3. The van der Waals surface area contributed by atoms with Crippen LogP contribution in [0.2, 0.25) is 0 Å². The van der Waals surface area contributed by atoms with E-state index < -0.39 is 0 Å². The van der Waals surface area contributed by atoms with Crippen molar-refractivity contribution in [1.29, 1.82) is 0 Å². The van der Waals surface area contributed by atoms with Crippen molar-refractivity contribution >= 4 is 97.1 Å². The summed E-state index contributed by atoms with van der Waals surface area (Å²) in [7, 11) is 0. The van der Waals surface area contributed by atoms with Crippen LogP contribution in [0.3, 0.4) is 0 Å². The molecule has 0 aliphatic carbocycles. The molecule has 0 radical (unpaired) electrons. The number of aromatic nitrogens is 2. The highest BCUT2D eigenvalue weighted by Gasteiger charge is 2.19. The van der Waals surface area contributed by atoms with Crippen LogP contribution in [0.5, 0.6) is 0 Å². The quantitative estimate of drug-likeness (QED) is 0.169. The van der Waals surface area contributed by atoms with Gasteiger partial charge in [0.05, 0.1) is 22.1 Å². The normalized spacial score (nSPS) is 12.1. The number of para-hydroxylation sites is 2. The average molecular weight is 833 g/mol. The van der Waals surface area contributed by atoms with E-state index in [1.165, 1.54) is 103 Å². The molecule has 0 N–H and O–H groups in total. The zero-order valence-electron chi connectivity index (χ0n) is 34.5. The Hall–Kier alpha value is -8.18. The first-order chi connectivity index (χ1) is 31.7. The molecule has 4 aromatic heterocycles. The molecule has 10 aromatic carbocycles. The minimum atomic E-state index is 0.907. The molecule has 4 heteroatoms. The van der Waals surface area contributed by atoms with E-state index in [4.69, 9.17) is 4.42 Å². The van der Waals surface area contributed by atoms with Crippen molar-refractivity contribution in [3.8, 4) is 44.8 Å². The molecule has 0 saturated heterocycles. The van der Waals surface area contributed by atoms with E-state index in [0.717, 1.165) is 27.6 Å². The molecule has 14 rings (SSSR count). The van der Waals surface area contributed by atoms with Crippen molar-refractivity contribution in [2.45, 2.75) is 0 Å². The number of hydrogen-bond donors (Lipinski definition) is 0. The van der Waals surface area contributed by atoms with Crippen LogP contribution in [0.15, 0.2) is 223 Å². The van der Waals surface area contributed by atoms with Crippen LogP contribution in [-0.2, 0) is 0 Å². The SMILES string of the molecule is c1ccc(-c2ccc3c(c2)c2cc(-c4ccc5c(c4)c4cc(-c6ccc7oc8ccccc8c7c6)ccc4n5-c4ccccc4)ccc2n3-c2ccc3sc4ccccc4c3c2)cc1. The van der Waals surface area contributed by atoms with E-state index in [2.05, 4.69) is 215 Å². The van der Waals surface area contributed by atoms with Gasteiger partial charge in [0.15, 0.2) is 0 Å². The maximum Gasteiger partial charge on any atom is 0.135 e. The van der Waals surface area contributed by atoms with Crippen LogP contribution >= 0.6 is 11.3 Å². The molecular formula is C60H36N2OS. The van der Waals surface area contributed by atoms with Gasteiger partial charge in [-0.05, 0) is 137 Å². The van der Waals surface area contributed by atoms with Crippen LogP contribution in [-0.4, -0.2) is 9.13 Å². The molecule has 0 fully saturated rings. The number of rotatable bonds is 5. The van der Waals surface area contributed by atoms with Crippen molar-refractivity contribution in [1.82, 2.24) is 9.13 Å². The topological polar surface area (TPSA) is 23.0 Å². The van der Waals surface area contributed by atoms with Crippen molar-refractivity contribution in [3.05, 3.63) is 218 Å². The molecule has 0 amide bonds. The summed E-state index contributed by atoms with van der Waals surface area (Å²) in [5.74, 6) is 0. The van der Waals surface area contributed by atoms with Crippen LogP contribution < -0.4 is 0 Å². The van der Waals surface area contributed by atoms with Crippen LogP contribution in [0.25, 0.3) is 130 Å². The number of nitrogens with zero attached hydrogens (tertiary/aromatic N) is 2. The lowest BCUT2D eigenvalue weighted by molar-refractivity contribution is 0.669. The van der Waals surface area contributed by atoms with Gasteiger partial charge in [0.1, 0.15) is 11.2 Å². The molecule has 4 heterocycles.